The Morgan fingerprint density at radius 2 is 2.35 bits per heavy atom. The Morgan fingerprint density at radius 1 is 1.53 bits per heavy atom. The number of aromatic nitrogens is 1. The van der Waals surface area contributed by atoms with Crippen LogP contribution in [0.1, 0.15) is 10.7 Å². The minimum Gasteiger partial charge on any atom is -0.508 e. The van der Waals surface area contributed by atoms with Crippen LogP contribution >= 0.6 is 11.3 Å². The van der Waals surface area contributed by atoms with E-state index in [1.807, 2.05) is 12.3 Å². The van der Waals surface area contributed by atoms with Crippen molar-refractivity contribution in [2.75, 3.05) is 5.32 Å². The first-order chi connectivity index (χ1) is 8.13. The van der Waals surface area contributed by atoms with E-state index in [-0.39, 0.29) is 18.1 Å². The number of thiazole rings is 1. The van der Waals surface area contributed by atoms with Gasteiger partial charge in [0.15, 0.2) is 0 Å². The van der Waals surface area contributed by atoms with Crippen molar-refractivity contribution in [2.45, 2.75) is 13.3 Å². The van der Waals surface area contributed by atoms with E-state index in [0.717, 1.165) is 10.7 Å². The summed E-state index contributed by atoms with van der Waals surface area (Å²) in [5, 5.41) is 14.7. The zero-order valence-corrected chi connectivity index (χ0v) is 10.1. The van der Waals surface area contributed by atoms with Gasteiger partial charge in [0, 0.05) is 22.8 Å². The highest BCUT2D eigenvalue weighted by molar-refractivity contribution is 7.09. The summed E-state index contributed by atoms with van der Waals surface area (Å²) >= 11 is 1.47. The number of aryl methyl sites for hydroxylation is 1. The summed E-state index contributed by atoms with van der Waals surface area (Å²) in [6, 6.07) is 6.47. The molecule has 1 amide bonds. The molecule has 5 heteroatoms. The number of nitrogens with zero attached hydrogens (tertiary/aromatic N) is 1. The van der Waals surface area contributed by atoms with Crippen LogP contribution in [0.25, 0.3) is 0 Å². The summed E-state index contributed by atoms with van der Waals surface area (Å²) in [6.45, 7) is 1.90. The number of amides is 1. The monoisotopic (exact) mass is 248 g/mol. The number of aromatic hydroxyl groups is 1. The van der Waals surface area contributed by atoms with Crippen LogP contribution in [0, 0.1) is 6.92 Å². The van der Waals surface area contributed by atoms with E-state index in [1.165, 1.54) is 17.4 Å². The second kappa shape index (κ2) is 4.97. The lowest BCUT2D eigenvalue weighted by Crippen LogP contribution is -2.14. The van der Waals surface area contributed by atoms with Gasteiger partial charge in [0.1, 0.15) is 10.8 Å². The third kappa shape index (κ3) is 3.29. The predicted molar refractivity (Wildman–Crippen MR) is 67.3 cm³/mol. The molecule has 0 saturated heterocycles. The molecule has 0 bridgehead atoms. The van der Waals surface area contributed by atoms with E-state index in [0.29, 0.717) is 5.69 Å². The number of rotatable bonds is 3. The first-order valence-electron chi connectivity index (χ1n) is 5.13. The summed E-state index contributed by atoms with van der Waals surface area (Å²) < 4.78 is 0. The SMILES string of the molecule is Cc1csc(CC(=O)Nc2cccc(O)c2)n1. The number of anilines is 1. The molecule has 0 spiro atoms. The Bertz CT molecular complexity index is 537. The number of hydrogen-bond donors (Lipinski definition) is 2. The zero-order valence-electron chi connectivity index (χ0n) is 9.30. The third-order valence-corrected chi connectivity index (χ3v) is 3.07. The minimum absolute atomic E-state index is 0.132. The third-order valence-electron chi connectivity index (χ3n) is 2.11. The first-order valence-corrected chi connectivity index (χ1v) is 6.01. The largest absolute Gasteiger partial charge is 0.508 e. The molecule has 2 rings (SSSR count). The zero-order chi connectivity index (χ0) is 12.3. The van der Waals surface area contributed by atoms with Crippen molar-refractivity contribution < 1.29 is 9.90 Å². The van der Waals surface area contributed by atoms with Gasteiger partial charge < -0.3 is 10.4 Å². The number of hydrogen-bond acceptors (Lipinski definition) is 4. The average molecular weight is 248 g/mol. The Balaban J connectivity index is 1.98. The van der Waals surface area contributed by atoms with E-state index in [2.05, 4.69) is 10.3 Å². The molecule has 0 radical (unpaired) electrons. The van der Waals surface area contributed by atoms with Crippen LogP contribution in [0.2, 0.25) is 0 Å². The molecule has 0 saturated carbocycles. The lowest BCUT2D eigenvalue weighted by molar-refractivity contribution is -0.115. The van der Waals surface area contributed by atoms with Gasteiger partial charge in [-0.1, -0.05) is 6.07 Å². The van der Waals surface area contributed by atoms with Gasteiger partial charge in [0.25, 0.3) is 0 Å². The average Bonchev–Trinajstić information content (AvgIpc) is 2.63. The van der Waals surface area contributed by atoms with Crippen molar-refractivity contribution in [3.05, 3.63) is 40.3 Å². The van der Waals surface area contributed by atoms with Crippen LogP contribution in [0.3, 0.4) is 0 Å². The number of phenolic OH excluding ortho intramolecular Hbond substituents is 1. The summed E-state index contributed by atoms with van der Waals surface area (Å²) in [4.78, 5) is 15.9. The molecule has 2 N–H and O–H groups in total. The topological polar surface area (TPSA) is 62.2 Å². The lowest BCUT2D eigenvalue weighted by atomic mass is 10.3. The second-order valence-corrected chi connectivity index (χ2v) is 4.60. The second-order valence-electron chi connectivity index (χ2n) is 3.66. The maximum absolute atomic E-state index is 11.7. The molecular weight excluding hydrogens is 236 g/mol. The van der Waals surface area contributed by atoms with Crippen LogP contribution in [-0.4, -0.2) is 16.0 Å². The molecule has 0 aliphatic carbocycles. The van der Waals surface area contributed by atoms with E-state index in [4.69, 9.17) is 0 Å². The van der Waals surface area contributed by atoms with Gasteiger partial charge >= 0.3 is 0 Å². The number of nitrogens with one attached hydrogen (secondary N) is 1. The number of carbonyl (C=O) groups is 1. The maximum atomic E-state index is 11.7. The Hall–Kier alpha value is -1.88. The van der Waals surface area contributed by atoms with Crippen molar-refractivity contribution in [1.82, 2.24) is 4.98 Å². The van der Waals surface area contributed by atoms with Crippen molar-refractivity contribution >= 4 is 22.9 Å². The van der Waals surface area contributed by atoms with Gasteiger partial charge in [-0.15, -0.1) is 11.3 Å². The van der Waals surface area contributed by atoms with E-state index in [9.17, 15) is 9.90 Å². The van der Waals surface area contributed by atoms with Gasteiger partial charge in [-0.3, -0.25) is 4.79 Å². The molecule has 0 atom stereocenters. The Kier molecular flexibility index (Phi) is 3.39. The molecule has 0 fully saturated rings. The van der Waals surface area contributed by atoms with Crippen molar-refractivity contribution in [2.24, 2.45) is 0 Å². The molecule has 2 aromatic rings. The van der Waals surface area contributed by atoms with Gasteiger partial charge in [0.2, 0.25) is 5.91 Å². The molecule has 1 aromatic carbocycles. The normalized spacial score (nSPS) is 10.2. The van der Waals surface area contributed by atoms with Gasteiger partial charge in [-0.05, 0) is 19.1 Å². The van der Waals surface area contributed by atoms with Crippen LogP contribution in [0.5, 0.6) is 5.75 Å². The fourth-order valence-corrected chi connectivity index (χ4v) is 2.18. The van der Waals surface area contributed by atoms with Gasteiger partial charge in [-0.25, -0.2) is 4.98 Å². The number of phenols is 1. The van der Waals surface area contributed by atoms with Crippen molar-refractivity contribution in [3.63, 3.8) is 0 Å². The highest BCUT2D eigenvalue weighted by atomic mass is 32.1. The molecule has 1 aromatic heterocycles. The van der Waals surface area contributed by atoms with Gasteiger partial charge in [-0.2, -0.15) is 0 Å². The fourth-order valence-electron chi connectivity index (χ4n) is 1.41. The van der Waals surface area contributed by atoms with Crippen LogP contribution in [0.4, 0.5) is 5.69 Å². The summed E-state index contributed by atoms with van der Waals surface area (Å²) in [6.07, 6.45) is 0.258. The molecule has 88 valence electrons. The number of benzene rings is 1. The molecule has 0 aliphatic rings. The quantitative estimate of drug-likeness (QED) is 0.876. The smallest absolute Gasteiger partial charge is 0.231 e. The van der Waals surface area contributed by atoms with Crippen LogP contribution in [0.15, 0.2) is 29.6 Å². The molecular formula is C12H12N2O2S. The molecule has 1 heterocycles. The maximum Gasteiger partial charge on any atom is 0.231 e. The van der Waals surface area contributed by atoms with Crippen LogP contribution < -0.4 is 5.32 Å². The fraction of sp³-hybridized carbons (Fsp3) is 0.167. The first kappa shape index (κ1) is 11.6. The summed E-state index contributed by atoms with van der Waals surface area (Å²) in [7, 11) is 0. The summed E-state index contributed by atoms with van der Waals surface area (Å²) in [5.74, 6) is -0.00200. The Morgan fingerprint density at radius 3 is 3.00 bits per heavy atom. The highest BCUT2D eigenvalue weighted by Gasteiger charge is 2.07. The highest BCUT2D eigenvalue weighted by Crippen LogP contribution is 2.16. The number of carbonyl (C=O) groups excluding carboxylic acids is 1. The molecule has 0 unspecified atom stereocenters. The summed E-state index contributed by atoms with van der Waals surface area (Å²) in [5.41, 5.74) is 1.51. The minimum atomic E-state index is -0.134. The standard InChI is InChI=1S/C12H12N2O2S/c1-8-7-17-12(13-8)6-11(16)14-9-3-2-4-10(15)5-9/h2-5,7,15H,6H2,1H3,(H,14,16). The molecule has 17 heavy (non-hydrogen) atoms. The van der Waals surface area contributed by atoms with E-state index < -0.39 is 0 Å². The van der Waals surface area contributed by atoms with Crippen LogP contribution in [-0.2, 0) is 11.2 Å². The molecule has 4 nitrogen and oxygen atoms in total. The Labute approximate surface area is 103 Å². The molecule has 0 aliphatic heterocycles. The van der Waals surface area contributed by atoms with Crippen molar-refractivity contribution in [1.29, 1.82) is 0 Å². The predicted octanol–water partition coefficient (Wildman–Crippen LogP) is 2.34. The van der Waals surface area contributed by atoms with Gasteiger partial charge in [0.05, 0.1) is 6.42 Å². The lowest BCUT2D eigenvalue weighted by Gasteiger charge is -2.03. The van der Waals surface area contributed by atoms with Crippen molar-refractivity contribution in [3.8, 4) is 5.75 Å². The van der Waals surface area contributed by atoms with E-state index in [1.54, 1.807) is 18.2 Å². The van der Waals surface area contributed by atoms with E-state index >= 15 is 0 Å².